The fourth-order valence-electron chi connectivity index (χ4n) is 4.80. The van der Waals surface area contributed by atoms with E-state index in [4.69, 9.17) is 32.7 Å². The van der Waals surface area contributed by atoms with Crippen molar-refractivity contribution >= 4 is 51.7 Å². The molecule has 0 bridgehead atoms. The van der Waals surface area contributed by atoms with Gasteiger partial charge >= 0.3 is 0 Å². The van der Waals surface area contributed by atoms with Gasteiger partial charge in [0, 0.05) is 26.6 Å². The molecule has 1 saturated heterocycles. The van der Waals surface area contributed by atoms with E-state index in [2.05, 4.69) is 34.7 Å². The van der Waals surface area contributed by atoms with Crippen LogP contribution in [0.25, 0.3) is 0 Å². The summed E-state index contributed by atoms with van der Waals surface area (Å²) in [4.78, 5) is 16.1. The van der Waals surface area contributed by atoms with E-state index in [9.17, 15) is 4.79 Å². The number of benzene rings is 4. The molecule has 0 aliphatic carbocycles. The van der Waals surface area contributed by atoms with E-state index >= 15 is 0 Å². The van der Waals surface area contributed by atoms with Crippen molar-refractivity contribution in [2.45, 2.75) is 31.2 Å². The molecule has 1 unspecified atom stereocenters. The number of rotatable bonds is 7. The number of hydrogen-bond acceptors (Lipinski definition) is 3. The SMILES string of the molecule is COc1ccc(CN2C(=O)[C@@H](Cc3ccc(I)cc3)O[C@H](c3ccc(Cl)cc3)C2c2ccc(Cl)cc2)cc1. The van der Waals surface area contributed by atoms with Crippen molar-refractivity contribution in [2.75, 3.05) is 7.11 Å². The molecular weight excluding hydrogens is 632 g/mol. The minimum Gasteiger partial charge on any atom is -0.497 e. The average Bonchev–Trinajstić information content (AvgIpc) is 2.93. The van der Waals surface area contributed by atoms with Gasteiger partial charge in [-0.1, -0.05) is 71.7 Å². The quantitative estimate of drug-likeness (QED) is 0.189. The number of morpholine rings is 1. The van der Waals surface area contributed by atoms with Crippen LogP contribution in [0.5, 0.6) is 5.75 Å². The summed E-state index contributed by atoms with van der Waals surface area (Å²) in [6.45, 7) is 0.423. The van der Waals surface area contributed by atoms with Crippen molar-refractivity contribution in [3.05, 3.63) is 133 Å². The molecule has 0 N–H and O–H groups in total. The third kappa shape index (κ3) is 6.18. The molecule has 0 saturated carbocycles. The summed E-state index contributed by atoms with van der Waals surface area (Å²) in [5.74, 6) is 0.719. The highest BCUT2D eigenvalue weighted by Crippen LogP contribution is 2.43. The molecule has 1 aliphatic rings. The van der Waals surface area contributed by atoms with E-state index in [1.807, 2.05) is 89.8 Å². The lowest BCUT2D eigenvalue weighted by atomic mass is 9.90. The number of carbonyl (C=O) groups is 1. The van der Waals surface area contributed by atoms with E-state index < -0.39 is 12.2 Å². The highest BCUT2D eigenvalue weighted by Gasteiger charge is 2.44. The van der Waals surface area contributed by atoms with Crippen LogP contribution in [-0.2, 0) is 22.5 Å². The molecule has 7 heteroatoms. The Kier molecular flexibility index (Phi) is 8.58. The molecule has 1 aliphatic heterocycles. The first kappa shape index (κ1) is 27.0. The zero-order chi connectivity index (χ0) is 26.6. The predicted octanol–water partition coefficient (Wildman–Crippen LogP) is 8.06. The molecule has 1 fully saturated rings. The van der Waals surface area contributed by atoms with Gasteiger partial charge in [-0.15, -0.1) is 0 Å². The van der Waals surface area contributed by atoms with Crippen LogP contribution >= 0.6 is 45.8 Å². The molecule has 0 spiro atoms. The number of hydrogen-bond donors (Lipinski definition) is 0. The van der Waals surface area contributed by atoms with Gasteiger partial charge in [-0.3, -0.25) is 4.79 Å². The smallest absolute Gasteiger partial charge is 0.253 e. The van der Waals surface area contributed by atoms with Gasteiger partial charge in [0.05, 0.1) is 13.2 Å². The second kappa shape index (κ2) is 12.1. The predicted molar refractivity (Wildman–Crippen MR) is 160 cm³/mol. The summed E-state index contributed by atoms with van der Waals surface area (Å²) in [7, 11) is 1.64. The summed E-state index contributed by atoms with van der Waals surface area (Å²) < 4.78 is 13.1. The van der Waals surface area contributed by atoms with Gasteiger partial charge in [0.2, 0.25) is 0 Å². The largest absolute Gasteiger partial charge is 0.497 e. The molecule has 38 heavy (non-hydrogen) atoms. The molecule has 4 aromatic carbocycles. The van der Waals surface area contributed by atoms with Crippen molar-refractivity contribution in [1.82, 2.24) is 4.90 Å². The summed E-state index contributed by atoms with van der Waals surface area (Å²) in [5.41, 5.74) is 3.95. The van der Waals surface area contributed by atoms with E-state index in [-0.39, 0.29) is 11.9 Å². The number of carbonyl (C=O) groups excluding carboxylic acids is 1. The lowest BCUT2D eigenvalue weighted by Crippen LogP contribution is -2.51. The van der Waals surface area contributed by atoms with Crippen molar-refractivity contribution in [3.63, 3.8) is 0 Å². The lowest BCUT2D eigenvalue weighted by Gasteiger charge is -2.45. The van der Waals surface area contributed by atoms with Crippen LogP contribution in [0.1, 0.15) is 34.4 Å². The summed E-state index contributed by atoms with van der Waals surface area (Å²) >= 11 is 14.7. The van der Waals surface area contributed by atoms with E-state index in [1.54, 1.807) is 7.11 Å². The number of methoxy groups -OCH3 is 1. The van der Waals surface area contributed by atoms with Crippen LogP contribution < -0.4 is 4.74 Å². The first-order valence-electron chi connectivity index (χ1n) is 12.3. The topological polar surface area (TPSA) is 38.8 Å². The number of nitrogens with zero attached hydrogens (tertiary/aromatic N) is 1. The molecule has 1 amide bonds. The Hall–Kier alpha value is -2.58. The van der Waals surface area contributed by atoms with Crippen molar-refractivity contribution in [1.29, 1.82) is 0 Å². The maximum atomic E-state index is 14.1. The van der Waals surface area contributed by atoms with Gasteiger partial charge in [-0.2, -0.15) is 0 Å². The number of ether oxygens (including phenoxy) is 2. The van der Waals surface area contributed by atoms with Crippen LogP contribution in [0.4, 0.5) is 0 Å². The standard InChI is InChI=1S/C31H26Cl2INO3/c1-37-27-16-4-21(5-17-27)19-35-29(22-6-10-24(32)11-7-22)30(23-8-12-25(33)13-9-23)38-28(31(35)36)18-20-2-14-26(34)15-3-20/h2-17,28-30H,18-19H2,1H3/t28-,29?,30-/m1/s1. The summed E-state index contributed by atoms with van der Waals surface area (Å²) in [6.07, 6.45) is -0.567. The maximum absolute atomic E-state index is 14.1. The van der Waals surface area contributed by atoms with Gasteiger partial charge in [0.15, 0.2) is 0 Å². The molecule has 5 rings (SSSR count). The first-order valence-corrected chi connectivity index (χ1v) is 14.1. The molecule has 4 aromatic rings. The molecule has 1 heterocycles. The second-order valence-electron chi connectivity index (χ2n) is 9.24. The summed E-state index contributed by atoms with van der Waals surface area (Å²) in [5, 5.41) is 1.28. The van der Waals surface area contributed by atoms with Crippen molar-refractivity contribution in [2.24, 2.45) is 0 Å². The van der Waals surface area contributed by atoms with Crippen molar-refractivity contribution in [3.8, 4) is 5.75 Å². The van der Waals surface area contributed by atoms with E-state index in [0.29, 0.717) is 23.0 Å². The molecule has 4 nitrogen and oxygen atoms in total. The van der Waals surface area contributed by atoms with Gasteiger partial charge < -0.3 is 14.4 Å². The Balaban J connectivity index is 1.58. The van der Waals surface area contributed by atoms with Crippen molar-refractivity contribution < 1.29 is 14.3 Å². The minimum absolute atomic E-state index is 0.0514. The van der Waals surface area contributed by atoms with Gasteiger partial charge in [-0.25, -0.2) is 0 Å². The Morgan fingerprint density at radius 2 is 1.34 bits per heavy atom. The van der Waals surface area contributed by atoms with Gasteiger partial charge in [0.25, 0.3) is 5.91 Å². The normalized spacial score (nSPS) is 19.4. The molecule has 0 radical (unpaired) electrons. The first-order chi connectivity index (χ1) is 18.4. The number of amides is 1. The Morgan fingerprint density at radius 1 is 0.789 bits per heavy atom. The fourth-order valence-corrected chi connectivity index (χ4v) is 5.41. The lowest BCUT2D eigenvalue weighted by molar-refractivity contribution is -0.175. The summed E-state index contributed by atoms with van der Waals surface area (Å²) in [6, 6.07) is 30.9. The third-order valence-electron chi connectivity index (χ3n) is 6.75. The third-order valence-corrected chi connectivity index (χ3v) is 7.97. The van der Waals surface area contributed by atoms with Gasteiger partial charge in [-0.05, 0) is 93.4 Å². The minimum atomic E-state index is -0.641. The molecular formula is C31H26Cl2INO3. The molecule has 194 valence electrons. The van der Waals surface area contributed by atoms with Crippen LogP contribution in [0.15, 0.2) is 97.1 Å². The van der Waals surface area contributed by atoms with Crippen LogP contribution in [-0.4, -0.2) is 24.0 Å². The average molecular weight is 658 g/mol. The fraction of sp³-hybridized carbons (Fsp3) is 0.194. The van der Waals surface area contributed by atoms with E-state index in [0.717, 1.165) is 31.6 Å². The zero-order valence-electron chi connectivity index (χ0n) is 20.7. The molecule has 0 aromatic heterocycles. The van der Waals surface area contributed by atoms with E-state index in [1.165, 1.54) is 0 Å². The molecule has 3 atom stereocenters. The maximum Gasteiger partial charge on any atom is 0.253 e. The van der Waals surface area contributed by atoms with Crippen LogP contribution in [0.3, 0.4) is 0 Å². The van der Waals surface area contributed by atoms with Crippen LogP contribution in [0.2, 0.25) is 10.0 Å². The monoisotopic (exact) mass is 657 g/mol. The second-order valence-corrected chi connectivity index (χ2v) is 11.4. The Labute approximate surface area is 246 Å². The zero-order valence-corrected chi connectivity index (χ0v) is 24.4. The van der Waals surface area contributed by atoms with Gasteiger partial charge in [0.1, 0.15) is 18.0 Å². The van der Waals surface area contributed by atoms with Crippen LogP contribution in [0, 0.1) is 3.57 Å². The highest BCUT2D eigenvalue weighted by molar-refractivity contribution is 14.1. The Bertz CT molecular complexity index is 1380. The Morgan fingerprint density at radius 3 is 1.92 bits per heavy atom. The number of halogens is 3. The highest BCUT2D eigenvalue weighted by atomic mass is 127.